The molecular formula is C23H32N4O3. The van der Waals surface area contributed by atoms with Crippen molar-refractivity contribution in [3.05, 3.63) is 29.3 Å². The van der Waals surface area contributed by atoms with Crippen LogP contribution in [0.5, 0.6) is 0 Å². The fourth-order valence-electron chi connectivity index (χ4n) is 5.02. The van der Waals surface area contributed by atoms with E-state index >= 15 is 0 Å². The standard InChI is InChI=1S/C23H32N4O3/c1-15-7-8-18-19(14-15)24-23(25-21(18)29)10-9-20(28)27(13-11-23)17(3)22(30)26-12-5-4-6-16(26)2/h7-8,14,16-17,24H,4-6,9-13H2,1-3H3,(H,25,29)/t16-,17-,23-/m0/s1. The first-order valence-electron chi connectivity index (χ1n) is 11.1. The van der Waals surface area contributed by atoms with Crippen LogP contribution in [0.3, 0.4) is 0 Å². The van der Waals surface area contributed by atoms with Crippen LogP contribution in [0, 0.1) is 6.92 Å². The molecule has 30 heavy (non-hydrogen) atoms. The number of piperidine rings is 1. The Morgan fingerprint density at radius 3 is 2.73 bits per heavy atom. The van der Waals surface area contributed by atoms with Gasteiger partial charge in [-0.05, 0) is 64.2 Å². The van der Waals surface area contributed by atoms with Crippen LogP contribution in [0.25, 0.3) is 0 Å². The number of benzene rings is 1. The van der Waals surface area contributed by atoms with Gasteiger partial charge >= 0.3 is 0 Å². The molecule has 0 aromatic heterocycles. The zero-order chi connectivity index (χ0) is 21.5. The van der Waals surface area contributed by atoms with E-state index in [0.29, 0.717) is 31.4 Å². The van der Waals surface area contributed by atoms with E-state index in [1.165, 1.54) is 0 Å². The maximum atomic E-state index is 13.1. The Hall–Kier alpha value is -2.57. The lowest BCUT2D eigenvalue weighted by Gasteiger charge is -2.40. The summed E-state index contributed by atoms with van der Waals surface area (Å²) in [6.07, 6.45) is 4.55. The second kappa shape index (κ2) is 7.93. The average molecular weight is 413 g/mol. The number of nitrogens with zero attached hydrogens (tertiary/aromatic N) is 2. The summed E-state index contributed by atoms with van der Waals surface area (Å²) in [7, 11) is 0. The van der Waals surface area contributed by atoms with Crippen molar-refractivity contribution in [2.24, 2.45) is 0 Å². The van der Waals surface area contributed by atoms with Crippen LogP contribution in [0.4, 0.5) is 5.69 Å². The van der Waals surface area contributed by atoms with Crippen molar-refractivity contribution in [2.45, 2.75) is 77.0 Å². The van der Waals surface area contributed by atoms with Crippen molar-refractivity contribution < 1.29 is 14.4 Å². The van der Waals surface area contributed by atoms with Gasteiger partial charge in [-0.25, -0.2) is 0 Å². The third kappa shape index (κ3) is 3.77. The molecule has 7 nitrogen and oxygen atoms in total. The van der Waals surface area contributed by atoms with Crippen LogP contribution < -0.4 is 10.6 Å². The topological polar surface area (TPSA) is 81.8 Å². The Morgan fingerprint density at radius 2 is 1.97 bits per heavy atom. The smallest absolute Gasteiger partial charge is 0.255 e. The van der Waals surface area contributed by atoms with Crippen molar-refractivity contribution in [3.63, 3.8) is 0 Å². The number of amides is 3. The molecular weight excluding hydrogens is 380 g/mol. The van der Waals surface area contributed by atoms with E-state index in [9.17, 15) is 14.4 Å². The zero-order valence-electron chi connectivity index (χ0n) is 18.2. The van der Waals surface area contributed by atoms with Gasteiger partial charge in [-0.3, -0.25) is 14.4 Å². The summed E-state index contributed by atoms with van der Waals surface area (Å²) in [5.74, 6) is -0.104. The second-order valence-corrected chi connectivity index (χ2v) is 9.10. The highest BCUT2D eigenvalue weighted by Crippen LogP contribution is 2.33. The van der Waals surface area contributed by atoms with Gasteiger partial charge in [-0.2, -0.15) is 0 Å². The highest BCUT2D eigenvalue weighted by atomic mass is 16.2. The highest BCUT2D eigenvalue weighted by Gasteiger charge is 2.42. The van der Waals surface area contributed by atoms with Crippen LogP contribution in [-0.4, -0.2) is 58.4 Å². The predicted octanol–water partition coefficient (Wildman–Crippen LogP) is 2.65. The summed E-state index contributed by atoms with van der Waals surface area (Å²) in [5.41, 5.74) is 1.85. The summed E-state index contributed by atoms with van der Waals surface area (Å²) in [5, 5.41) is 6.60. The molecule has 3 aliphatic rings. The van der Waals surface area contributed by atoms with Gasteiger partial charge in [0, 0.05) is 37.7 Å². The van der Waals surface area contributed by atoms with E-state index in [4.69, 9.17) is 0 Å². The largest absolute Gasteiger partial charge is 0.362 e. The van der Waals surface area contributed by atoms with Crippen LogP contribution in [0.2, 0.25) is 0 Å². The van der Waals surface area contributed by atoms with E-state index in [0.717, 1.165) is 37.1 Å². The average Bonchev–Trinajstić information content (AvgIpc) is 2.86. The van der Waals surface area contributed by atoms with Crippen molar-refractivity contribution in [3.8, 4) is 0 Å². The minimum absolute atomic E-state index is 0.0246. The van der Waals surface area contributed by atoms with E-state index in [1.54, 1.807) is 4.90 Å². The van der Waals surface area contributed by atoms with Gasteiger partial charge < -0.3 is 20.4 Å². The SMILES string of the molecule is Cc1ccc2c(c1)N[C@@]1(CCC(=O)N([C@@H](C)C(=O)N3CCCC[C@@H]3C)CC1)NC2=O. The molecule has 0 saturated carbocycles. The zero-order valence-corrected chi connectivity index (χ0v) is 18.2. The lowest BCUT2D eigenvalue weighted by Crippen LogP contribution is -2.58. The van der Waals surface area contributed by atoms with Crippen LogP contribution in [0.15, 0.2) is 18.2 Å². The number of hydrogen-bond acceptors (Lipinski definition) is 4. The molecule has 2 fully saturated rings. The minimum atomic E-state index is -0.663. The van der Waals surface area contributed by atoms with Gasteiger partial charge in [0.2, 0.25) is 11.8 Å². The van der Waals surface area contributed by atoms with Crippen molar-refractivity contribution in [1.82, 2.24) is 15.1 Å². The normalized spacial score (nSPS) is 27.8. The molecule has 0 unspecified atom stereocenters. The maximum Gasteiger partial charge on any atom is 0.255 e. The van der Waals surface area contributed by atoms with Gasteiger partial charge in [0.25, 0.3) is 5.91 Å². The Bertz CT molecular complexity index is 870. The van der Waals surface area contributed by atoms with Gasteiger partial charge in [-0.15, -0.1) is 0 Å². The van der Waals surface area contributed by atoms with Crippen molar-refractivity contribution in [2.75, 3.05) is 18.4 Å². The van der Waals surface area contributed by atoms with E-state index in [2.05, 4.69) is 17.6 Å². The molecule has 3 heterocycles. The molecule has 3 aliphatic heterocycles. The first kappa shape index (κ1) is 20.7. The number of hydrogen-bond donors (Lipinski definition) is 2. The Kier molecular flexibility index (Phi) is 5.47. The molecule has 2 N–H and O–H groups in total. The molecule has 3 atom stereocenters. The van der Waals surface area contributed by atoms with Crippen molar-refractivity contribution >= 4 is 23.4 Å². The van der Waals surface area contributed by atoms with Crippen LogP contribution >= 0.6 is 0 Å². The Balaban J connectivity index is 1.50. The number of carbonyl (C=O) groups excluding carboxylic acids is 3. The van der Waals surface area contributed by atoms with E-state index < -0.39 is 11.7 Å². The van der Waals surface area contributed by atoms with Crippen LogP contribution in [-0.2, 0) is 9.59 Å². The summed E-state index contributed by atoms with van der Waals surface area (Å²) in [6, 6.07) is 5.47. The number of rotatable bonds is 2. The highest BCUT2D eigenvalue weighted by molar-refractivity contribution is 6.02. The summed E-state index contributed by atoms with van der Waals surface area (Å²) in [4.78, 5) is 42.4. The van der Waals surface area contributed by atoms with Gasteiger partial charge in [0.1, 0.15) is 11.7 Å². The maximum absolute atomic E-state index is 13.1. The number of fused-ring (bicyclic) bond motifs is 1. The van der Waals surface area contributed by atoms with Gasteiger partial charge in [0.05, 0.1) is 5.56 Å². The fraction of sp³-hybridized carbons (Fsp3) is 0.609. The number of nitrogens with one attached hydrogen (secondary N) is 2. The van der Waals surface area contributed by atoms with Gasteiger partial charge in [0.15, 0.2) is 0 Å². The molecule has 2 saturated heterocycles. The van der Waals surface area contributed by atoms with E-state index in [-0.39, 0.29) is 23.8 Å². The van der Waals surface area contributed by atoms with E-state index in [1.807, 2.05) is 36.9 Å². The summed E-state index contributed by atoms with van der Waals surface area (Å²) in [6.45, 7) is 7.12. The van der Waals surface area contributed by atoms with Gasteiger partial charge in [-0.1, -0.05) is 6.07 Å². The molecule has 162 valence electrons. The Morgan fingerprint density at radius 1 is 1.17 bits per heavy atom. The second-order valence-electron chi connectivity index (χ2n) is 9.10. The molecule has 1 aromatic carbocycles. The third-order valence-corrected chi connectivity index (χ3v) is 6.92. The molecule has 1 aromatic rings. The number of carbonyl (C=O) groups is 3. The molecule has 0 radical (unpaired) electrons. The first-order chi connectivity index (χ1) is 14.3. The van der Waals surface area contributed by atoms with Crippen molar-refractivity contribution in [1.29, 1.82) is 0 Å². The summed E-state index contributed by atoms with van der Waals surface area (Å²) < 4.78 is 0. The first-order valence-corrected chi connectivity index (χ1v) is 11.1. The molecule has 3 amide bonds. The predicted molar refractivity (Wildman–Crippen MR) is 115 cm³/mol. The lowest BCUT2D eigenvalue weighted by atomic mass is 9.94. The molecule has 1 spiro atoms. The fourth-order valence-corrected chi connectivity index (χ4v) is 5.02. The monoisotopic (exact) mass is 412 g/mol. The number of anilines is 1. The number of likely N-dealkylation sites (tertiary alicyclic amines) is 2. The third-order valence-electron chi connectivity index (χ3n) is 6.92. The van der Waals surface area contributed by atoms with Crippen LogP contribution in [0.1, 0.15) is 68.3 Å². The Labute approximate surface area is 178 Å². The number of aryl methyl sites for hydroxylation is 1. The lowest BCUT2D eigenvalue weighted by molar-refractivity contribution is -0.147. The quantitative estimate of drug-likeness (QED) is 0.782. The molecule has 0 aliphatic carbocycles. The molecule has 7 heteroatoms. The molecule has 4 rings (SSSR count). The molecule has 0 bridgehead atoms. The summed E-state index contributed by atoms with van der Waals surface area (Å²) >= 11 is 0. The minimum Gasteiger partial charge on any atom is -0.362 e.